The smallest absolute Gasteiger partial charge is 0.320 e. The van der Waals surface area contributed by atoms with E-state index in [1.54, 1.807) is 6.07 Å². The van der Waals surface area contributed by atoms with E-state index in [0.29, 0.717) is 5.56 Å². The monoisotopic (exact) mass is 424 g/mol. The van der Waals surface area contributed by atoms with Crippen molar-refractivity contribution in [3.63, 3.8) is 0 Å². The van der Waals surface area contributed by atoms with Crippen LogP contribution in [-0.2, 0) is 21.8 Å². The fourth-order valence-corrected chi connectivity index (χ4v) is 3.43. The normalized spacial score (nSPS) is 12.0. The Morgan fingerprint density at radius 1 is 1.17 bits per heavy atom. The molecule has 29 heavy (non-hydrogen) atoms. The summed E-state index contributed by atoms with van der Waals surface area (Å²) in [5, 5.41) is 6.32. The van der Waals surface area contributed by atoms with Gasteiger partial charge in [-0.3, -0.25) is 4.79 Å². The molecular formula is C18H15F3N4O3S. The van der Waals surface area contributed by atoms with Gasteiger partial charge in [-0.2, -0.15) is 18.3 Å². The van der Waals surface area contributed by atoms with E-state index >= 15 is 0 Å². The Morgan fingerprint density at radius 3 is 2.55 bits per heavy atom. The van der Waals surface area contributed by atoms with Crippen LogP contribution in [-0.4, -0.2) is 35.3 Å². The summed E-state index contributed by atoms with van der Waals surface area (Å²) in [6.07, 6.45) is -1.05. The molecule has 0 unspecified atom stereocenters. The summed E-state index contributed by atoms with van der Waals surface area (Å²) in [6, 6.07) is 8.70. The lowest BCUT2D eigenvalue weighted by Gasteiger charge is -2.14. The van der Waals surface area contributed by atoms with Gasteiger partial charge in [-0.15, -0.1) is 0 Å². The van der Waals surface area contributed by atoms with Gasteiger partial charge in [0.2, 0.25) is 0 Å². The number of hydrogen-bond donors (Lipinski definition) is 1. The largest absolute Gasteiger partial charge is 0.416 e. The van der Waals surface area contributed by atoms with Gasteiger partial charge in [0, 0.05) is 11.8 Å². The summed E-state index contributed by atoms with van der Waals surface area (Å²) >= 11 is 0. The molecule has 0 saturated carbocycles. The molecule has 11 heteroatoms. The molecule has 0 aliphatic rings. The quantitative estimate of drug-likeness (QED) is 0.679. The molecule has 0 atom stereocenters. The van der Waals surface area contributed by atoms with Gasteiger partial charge in [-0.05, 0) is 35.9 Å². The minimum absolute atomic E-state index is 0.105. The highest BCUT2D eigenvalue weighted by atomic mass is 32.2. The molecule has 1 amide bonds. The van der Waals surface area contributed by atoms with Crippen molar-refractivity contribution in [2.45, 2.75) is 11.9 Å². The van der Waals surface area contributed by atoms with Crippen LogP contribution in [0.4, 0.5) is 18.9 Å². The molecule has 0 radical (unpaired) electrons. The lowest BCUT2D eigenvalue weighted by Crippen LogP contribution is -2.16. The predicted octanol–water partition coefficient (Wildman–Crippen LogP) is 3.08. The van der Waals surface area contributed by atoms with Crippen molar-refractivity contribution in [2.24, 2.45) is 0 Å². The zero-order valence-corrected chi connectivity index (χ0v) is 15.8. The molecular weight excluding hydrogens is 409 g/mol. The number of carbonyl (C=O) groups is 1. The van der Waals surface area contributed by atoms with Crippen LogP contribution in [0.5, 0.6) is 0 Å². The van der Waals surface area contributed by atoms with Gasteiger partial charge in [0.15, 0.2) is 9.84 Å². The topological polar surface area (TPSA) is 94.0 Å². The lowest BCUT2D eigenvalue weighted by molar-refractivity contribution is -0.137. The maximum atomic E-state index is 13.1. The Morgan fingerprint density at radius 2 is 1.93 bits per heavy atom. The first-order chi connectivity index (χ1) is 13.5. The highest BCUT2D eigenvalue weighted by Crippen LogP contribution is 2.33. The van der Waals surface area contributed by atoms with Crippen molar-refractivity contribution in [3.8, 4) is 5.69 Å². The number of nitrogens with zero attached hydrogens (tertiary/aromatic N) is 3. The van der Waals surface area contributed by atoms with Gasteiger partial charge in [0.1, 0.15) is 12.7 Å². The third-order valence-electron chi connectivity index (χ3n) is 3.86. The molecule has 0 saturated heterocycles. The zero-order chi connectivity index (χ0) is 21.2. The minimum Gasteiger partial charge on any atom is -0.320 e. The number of anilines is 1. The SMILES string of the molecule is CS(=O)(=O)Cc1cccc(C(=O)Nc2cc(C(F)(F)F)ccc2-n2cncn2)c1. The summed E-state index contributed by atoms with van der Waals surface area (Å²) < 4.78 is 63.5. The van der Waals surface area contributed by atoms with Crippen LogP contribution in [0, 0.1) is 0 Å². The Balaban J connectivity index is 1.96. The van der Waals surface area contributed by atoms with Gasteiger partial charge in [-0.1, -0.05) is 12.1 Å². The van der Waals surface area contributed by atoms with E-state index in [-0.39, 0.29) is 22.7 Å². The molecule has 1 aromatic heterocycles. The third kappa shape index (κ3) is 5.19. The van der Waals surface area contributed by atoms with E-state index in [1.165, 1.54) is 41.6 Å². The summed E-state index contributed by atoms with van der Waals surface area (Å²) in [6.45, 7) is 0. The standard InChI is InChI=1S/C18H15F3N4O3S/c1-29(27,28)9-12-3-2-4-13(7-12)17(26)24-15-8-14(18(19,20)21)5-6-16(15)25-11-22-10-23-25/h2-8,10-11H,9H2,1H3,(H,24,26). The minimum atomic E-state index is -4.60. The molecule has 3 aromatic rings. The van der Waals surface area contributed by atoms with Crippen molar-refractivity contribution in [3.05, 3.63) is 71.8 Å². The summed E-state index contributed by atoms with van der Waals surface area (Å²) in [5.41, 5.74) is -0.378. The molecule has 1 N–H and O–H groups in total. The first-order valence-corrected chi connectivity index (χ1v) is 10.2. The number of nitrogens with one attached hydrogen (secondary N) is 1. The van der Waals surface area contributed by atoms with E-state index < -0.39 is 27.5 Å². The molecule has 152 valence electrons. The molecule has 0 aliphatic carbocycles. The maximum Gasteiger partial charge on any atom is 0.416 e. The van der Waals surface area contributed by atoms with Crippen LogP contribution in [0.3, 0.4) is 0 Å². The van der Waals surface area contributed by atoms with Crippen molar-refractivity contribution in [1.82, 2.24) is 14.8 Å². The molecule has 3 rings (SSSR count). The Hall–Kier alpha value is -3.21. The van der Waals surface area contributed by atoms with Gasteiger partial charge in [0.25, 0.3) is 5.91 Å². The molecule has 0 bridgehead atoms. The predicted molar refractivity (Wildman–Crippen MR) is 99.3 cm³/mol. The number of alkyl halides is 3. The summed E-state index contributed by atoms with van der Waals surface area (Å²) in [5.74, 6) is -0.955. The lowest BCUT2D eigenvalue weighted by atomic mass is 10.1. The van der Waals surface area contributed by atoms with Gasteiger partial charge in [-0.25, -0.2) is 18.1 Å². The number of carbonyl (C=O) groups excluding carboxylic acids is 1. The molecule has 7 nitrogen and oxygen atoms in total. The number of rotatable bonds is 5. The first-order valence-electron chi connectivity index (χ1n) is 8.17. The van der Waals surface area contributed by atoms with Crippen LogP contribution in [0.1, 0.15) is 21.5 Å². The second-order valence-corrected chi connectivity index (χ2v) is 8.43. The van der Waals surface area contributed by atoms with E-state index in [9.17, 15) is 26.4 Å². The van der Waals surface area contributed by atoms with Crippen LogP contribution in [0.25, 0.3) is 5.69 Å². The highest BCUT2D eigenvalue weighted by molar-refractivity contribution is 7.89. The van der Waals surface area contributed by atoms with Crippen LogP contribution >= 0.6 is 0 Å². The fraction of sp³-hybridized carbons (Fsp3) is 0.167. The Labute approximate surface area is 164 Å². The Bertz CT molecular complexity index is 1140. The first kappa shape index (κ1) is 20.5. The average Bonchev–Trinajstić information content (AvgIpc) is 3.14. The Kier molecular flexibility index (Phi) is 5.42. The summed E-state index contributed by atoms with van der Waals surface area (Å²) in [4.78, 5) is 16.4. The van der Waals surface area contributed by atoms with Gasteiger partial charge >= 0.3 is 6.18 Å². The maximum absolute atomic E-state index is 13.1. The number of benzene rings is 2. The second kappa shape index (κ2) is 7.66. The number of sulfone groups is 1. The molecule has 0 aliphatic heterocycles. The van der Waals surface area contributed by atoms with Crippen molar-refractivity contribution in [1.29, 1.82) is 0 Å². The molecule has 2 aromatic carbocycles. The van der Waals surface area contributed by atoms with Crippen molar-refractivity contribution in [2.75, 3.05) is 11.6 Å². The molecule has 1 heterocycles. The molecule has 0 fully saturated rings. The highest BCUT2D eigenvalue weighted by Gasteiger charge is 2.31. The van der Waals surface area contributed by atoms with Crippen LogP contribution in [0.15, 0.2) is 55.1 Å². The number of hydrogen-bond acceptors (Lipinski definition) is 5. The second-order valence-electron chi connectivity index (χ2n) is 6.29. The third-order valence-corrected chi connectivity index (χ3v) is 4.71. The number of halogens is 3. The van der Waals surface area contributed by atoms with E-state index in [1.807, 2.05) is 0 Å². The van der Waals surface area contributed by atoms with Crippen LogP contribution < -0.4 is 5.32 Å². The zero-order valence-electron chi connectivity index (χ0n) is 15.0. The van der Waals surface area contributed by atoms with Gasteiger partial charge in [0.05, 0.1) is 22.7 Å². The van der Waals surface area contributed by atoms with E-state index in [4.69, 9.17) is 0 Å². The number of amides is 1. The fourth-order valence-electron chi connectivity index (χ4n) is 2.64. The average molecular weight is 424 g/mol. The van der Waals surface area contributed by atoms with Crippen LogP contribution in [0.2, 0.25) is 0 Å². The van der Waals surface area contributed by atoms with E-state index in [0.717, 1.165) is 18.4 Å². The molecule has 0 spiro atoms. The van der Waals surface area contributed by atoms with Crippen molar-refractivity contribution < 1.29 is 26.4 Å². The van der Waals surface area contributed by atoms with Gasteiger partial charge < -0.3 is 5.32 Å². The van der Waals surface area contributed by atoms with Crippen molar-refractivity contribution >= 4 is 21.4 Å². The summed E-state index contributed by atoms with van der Waals surface area (Å²) in [7, 11) is -3.31. The van der Waals surface area contributed by atoms with E-state index in [2.05, 4.69) is 15.4 Å². The number of aromatic nitrogens is 3.